The summed E-state index contributed by atoms with van der Waals surface area (Å²) in [4.78, 5) is 20.3. The van der Waals surface area contributed by atoms with Gasteiger partial charge < -0.3 is 9.84 Å². The van der Waals surface area contributed by atoms with Crippen molar-refractivity contribution in [2.45, 2.75) is 0 Å². The van der Waals surface area contributed by atoms with Gasteiger partial charge in [0.05, 0.1) is 0 Å². The van der Waals surface area contributed by atoms with Gasteiger partial charge in [-0.2, -0.15) is 0 Å². The van der Waals surface area contributed by atoms with Crippen LogP contribution in [0.2, 0.25) is 0 Å². The quantitative estimate of drug-likeness (QED) is 0.285. The number of esters is 1. The summed E-state index contributed by atoms with van der Waals surface area (Å²) in [5.74, 6) is -1.87. The fourth-order valence-electron chi connectivity index (χ4n) is 0.329. The van der Waals surface area contributed by atoms with E-state index in [4.69, 9.17) is 5.11 Å². The molecule has 0 aromatic rings. The molecule has 0 amide bonds. The summed E-state index contributed by atoms with van der Waals surface area (Å²) in [5.41, 5.74) is 0. The Bertz CT molecular complexity index is 198. The molecule has 0 spiro atoms. The van der Waals surface area contributed by atoms with Gasteiger partial charge in [-0.15, -0.1) is 0 Å². The van der Waals surface area contributed by atoms with Crippen molar-refractivity contribution in [3.63, 3.8) is 0 Å². The van der Waals surface area contributed by atoms with Crippen LogP contribution in [0.15, 0.2) is 24.8 Å². The second kappa shape index (κ2) is 8.77. The Morgan fingerprint density at radius 3 is 2.42 bits per heavy atom. The van der Waals surface area contributed by atoms with E-state index in [1.807, 2.05) is 0 Å². The Balaban J connectivity index is 0. The number of carbonyl (C=O) groups is 2. The summed E-state index contributed by atoms with van der Waals surface area (Å²) in [6, 6.07) is 0. The number of carboxylic acid groups (broad SMARTS) is 1. The maximum atomic E-state index is 10.5. The molecular formula is C7H10CaO4. The summed E-state index contributed by atoms with van der Waals surface area (Å²) in [5, 5.41) is 8.07. The molecule has 0 aliphatic carbocycles. The average molecular weight is 198 g/mol. The van der Waals surface area contributed by atoms with E-state index >= 15 is 0 Å². The molecule has 64 valence electrons. The van der Waals surface area contributed by atoms with Crippen LogP contribution >= 0.6 is 0 Å². The van der Waals surface area contributed by atoms with Crippen molar-refractivity contribution in [1.82, 2.24) is 0 Å². The SMILES string of the molecule is C=CCOC(=O)/C=C/C(=O)O.[CaH2]. The average Bonchev–Trinajstić information content (AvgIpc) is 1.97. The molecule has 0 saturated carbocycles. The van der Waals surface area contributed by atoms with Crippen molar-refractivity contribution in [1.29, 1.82) is 0 Å². The molecule has 0 fully saturated rings. The van der Waals surface area contributed by atoms with Crippen LogP contribution < -0.4 is 0 Å². The molecule has 0 rings (SSSR count). The summed E-state index contributed by atoms with van der Waals surface area (Å²) in [6.07, 6.45) is 2.95. The minimum absolute atomic E-state index is 0. The van der Waals surface area contributed by atoms with Gasteiger partial charge in [0.25, 0.3) is 0 Å². The van der Waals surface area contributed by atoms with Crippen molar-refractivity contribution in [3.05, 3.63) is 24.8 Å². The van der Waals surface area contributed by atoms with Crippen LogP contribution in [0.25, 0.3) is 0 Å². The van der Waals surface area contributed by atoms with E-state index in [9.17, 15) is 9.59 Å². The van der Waals surface area contributed by atoms with Crippen LogP contribution in [0.4, 0.5) is 0 Å². The molecule has 0 unspecified atom stereocenters. The zero-order valence-corrected chi connectivity index (χ0v) is 5.82. The third-order valence-electron chi connectivity index (χ3n) is 0.705. The van der Waals surface area contributed by atoms with E-state index < -0.39 is 11.9 Å². The molecule has 0 aromatic carbocycles. The number of hydrogen-bond donors (Lipinski definition) is 1. The Morgan fingerprint density at radius 2 is 2.00 bits per heavy atom. The van der Waals surface area contributed by atoms with E-state index in [0.29, 0.717) is 6.08 Å². The van der Waals surface area contributed by atoms with Crippen LogP contribution in [0, 0.1) is 0 Å². The van der Waals surface area contributed by atoms with Gasteiger partial charge in [-0.1, -0.05) is 12.7 Å². The van der Waals surface area contributed by atoms with Gasteiger partial charge in [0.2, 0.25) is 0 Å². The zero-order chi connectivity index (χ0) is 8.69. The van der Waals surface area contributed by atoms with E-state index in [-0.39, 0.29) is 44.3 Å². The van der Waals surface area contributed by atoms with Gasteiger partial charge in [0.1, 0.15) is 6.61 Å². The van der Waals surface area contributed by atoms with E-state index in [2.05, 4.69) is 11.3 Å². The van der Waals surface area contributed by atoms with Crippen molar-refractivity contribution in [3.8, 4) is 0 Å². The molecule has 0 aromatic heterocycles. The summed E-state index contributed by atoms with van der Waals surface area (Å²) in [7, 11) is 0. The number of hydrogen-bond acceptors (Lipinski definition) is 3. The van der Waals surface area contributed by atoms with Gasteiger partial charge in [0, 0.05) is 12.2 Å². The Hall–Kier alpha value is -0.320. The molecule has 0 aliphatic heterocycles. The third-order valence-corrected chi connectivity index (χ3v) is 0.705. The Kier molecular flexibility index (Phi) is 10.4. The number of carbonyl (C=O) groups excluding carboxylic acids is 1. The normalized spacial score (nSPS) is 8.67. The second-order valence-electron chi connectivity index (χ2n) is 1.59. The van der Waals surface area contributed by atoms with Gasteiger partial charge in [-0.3, -0.25) is 0 Å². The molecule has 0 atom stereocenters. The van der Waals surface area contributed by atoms with E-state index in [1.54, 1.807) is 0 Å². The third kappa shape index (κ3) is 9.68. The number of aliphatic carboxylic acids is 1. The first-order valence-electron chi connectivity index (χ1n) is 2.85. The van der Waals surface area contributed by atoms with Crippen LogP contribution in [0.1, 0.15) is 0 Å². The number of ether oxygens (including phenoxy) is 1. The zero-order valence-electron chi connectivity index (χ0n) is 5.82. The Labute approximate surface area is 99.9 Å². The molecule has 5 heteroatoms. The molecule has 12 heavy (non-hydrogen) atoms. The molecule has 0 saturated heterocycles. The van der Waals surface area contributed by atoms with Gasteiger partial charge >= 0.3 is 49.7 Å². The monoisotopic (exact) mass is 198 g/mol. The molecular weight excluding hydrogens is 188 g/mol. The minimum atomic E-state index is -1.18. The number of rotatable bonds is 4. The van der Waals surface area contributed by atoms with Crippen molar-refractivity contribution in [2.75, 3.05) is 6.61 Å². The standard InChI is InChI=1S/C7H8O4.Ca.2H/c1-2-5-11-7(10)4-3-6(8)9;;;/h2-4H,1,5H2,(H,8,9);;;/b4-3+;;;. The summed E-state index contributed by atoms with van der Waals surface area (Å²) < 4.78 is 4.43. The Morgan fingerprint density at radius 1 is 1.42 bits per heavy atom. The predicted octanol–water partition coefficient (Wildman–Crippen LogP) is -0.560. The predicted molar refractivity (Wildman–Crippen MR) is 46.5 cm³/mol. The fourth-order valence-corrected chi connectivity index (χ4v) is 0.329. The topological polar surface area (TPSA) is 63.6 Å². The van der Waals surface area contributed by atoms with Crippen LogP contribution in [-0.4, -0.2) is 61.4 Å². The van der Waals surface area contributed by atoms with E-state index in [1.165, 1.54) is 6.08 Å². The van der Waals surface area contributed by atoms with Crippen molar-refractivity contribution >= 4 is 49.7 Å². The van der Waals surface area contributed by atoms with Crippen molar-refractivity contribution in [2.24, 2.45) is 0 Å². The summed E-state index contributed by atoms with van der Waals surface area (Å²) in [6.45, 7) is 3.40. The van der Waals surface area contributed by atoms with Crippen LogP contribution in [0.5, 0.6) is 0 Å². The first kappa shape index (κ1) is 14.2. The first-order chi connectivity index (χ1) is 5.16. The molecule has 1 N–H and O–H groups in total. The van der Waals surface area contributed by atoms with Crippen molar-refractivity contribution < 1.29 is 19.4 Å². The fraction of sp³-hybridized carbons (Fsp3) is 0.143. The summed E-state index contributed by atoms with van der Waals surface area (Å²) >= 11 is 0. The molecule has 0 bridgehead atoms. The number of carboxylic acids is 1. The molecule has 0 radical (unpaired) electrons. The first-order valence-corrected chi connectivity index (χ1v) is 2.85. The second-order valence-corrected chi connectivity index (χ2v) is 1.59. The molecule has 0 aliphatic rings. The van der Waals surface area contributed by atoms with Gasteiger partial charge in [-0.25, -0.2) is 9.59 Å². The molecule has 4 nitrogen and oxygen atoms in total. The van der Waals surface area contributed by atoms with Crippen LogP contribution in [-0.2, 0) is 14.3 Å². The van der Waals surface area contributed by atoms with Gasteiger partial charge in [-0.05, 0) is 0 Å². The van der Waals surface area contributed by atoms with Crippen LogP contribution in [0.3, 0.4) is 0 Å². The maximum absolute atomic E-state index is 10.5. The van der Waals surface area contributed by atoms with Gasteiger partial charge in [0.15, 0.2) is 0 Å². The molecule has 0 heterocycles. The van der Waals surface area contributed by atoms with E-state index in [0.717, 1.165) is 6.08 Å².